The molecule has 0 amide bonds. The molecule has 0 aromatic heterocycles. The highest BCUT2D eigenvalue weighted by atomic mass is 127. The lowest BCUT2D eigenvalue weighted by atomic mass is 10.4. The number of ether oxygens (including phenoxy) is 4. The van der Waals surface area contributed by atoms with E-state index in [1.54, 1.807) is 0 Å². The molecule has 6 heteroatoms. The van der Waals surface area contributed by atoms with Crippen molar-refractivity contribution in [2.45, 2.75) is 51.5 Å². The standard InChI is InChI=1S/C6H11IO2.C6H12O3/c2*1-6(2)8-4-5(3-7)9-6/h5H,3-4H2,1-2H3;5,7H,3-4H2,1-2H3. The fourth-order valence-corrected chi connectivity index (χ4v) is 2.13. The molecule has 18 heavy (non-hydrogen) atoms. The predicted molar refractivity (Wildman–Crippen MR) is 75.8 cm³/mol. The second-order valence-corrected chi connectivity index (χ2v) is 6.12. The fraction of sp³-hybridized carbons (Fsp3) is 1.00. The fourth-order valence-electron chi connectivity index (χ4n) is 1.69. The number of hydrogen-bond donors (Lipinski definition) is 1. The van der Waals surface area contributed by atoms with E-state index in [4.69, 9.17) is 24.1 Å². The molecule has 0 aromatic carbocycles. The van der Waals surface area contributed by atoms with Crippen LogP contribution in [0.3, 0.4) is 0 Å². The summed E-state index contributed by atoms with van der Waals surface area (Å²) in [5, 5.41) is 8.59. The molecule has 0 spiro atoms. The number of aliphatic hydroxyl groups excluding tert-OH is 1. The number of halogens is 1. The molecule has 2 fully saturated rings. The topological polar surface area (TPSA) is 57.2 Å². The lowest BCUT2D eigenvalue weighted by Gasteiger charge is -2.15. The summed E-state index contributed by atoms with van der Waals surface area (Å²) in [4.78, 5) is 0. The minimum Gasteiger partial charge on any atom is -0.394 e. The van der Waals surface area contributed by atoms with Crippen molar-refractivity contribution in [1.82, 2.24) is 0 Å². The lowest BCUT2D eigenvalue weighted by molar-refractivity contribution is -0.142. The van der Waals surface area contributed by atoms with Gasteiger partial charge in [-0.2, -0.15) is 0 Å². The molecule has 0 saturated carbocycles. The number of aliphatic hydroxyl groups is 1. The van der Waals surface area contributed by atoms with Crippen LogP contribution in [0.1, 0.15) is 27.7 Å². The van der Waals surface area contributed by atoms with Crippen LogP contribution in [-0.2, 0) is 18.9 Å². The molecule has 2 unspecified atom stereocenters. The highest BCUT2D eigenvalue weighted by Crippen LogP contribution is 2.23. The Balaban J connectivity index is 0.000000180. The molecule has 0 aromatic rings. The molecule has 0 bridgehead atoms. The first-order valence-corrected chi connectivity index (χ1v) is 7.61. The normalized spacial score (nSPS) is 33.0. The Morgan fingerprint density at radius 1 is 1.00 bits per heavy atom. The van der Waals surface area contributed by atoms with Gasteiger partial charge in [0, 0.05) is 4.43 Å². The summed E-state index contributed by atoms with van der Waals surface area (Å²) in [6, 6.07) is 0. The molecule has 2 heterocycles. The van der Waals surface area contributed by atoms with Gasteiger partial charge in [0.25, 0.3) is 0 Å². The smallest absolute Gasteiger partial charge is 0.163 e. The van der Waals surface area contributed by atoms with E-state index in [1.165, 1.54) is 0 Å². The minimum atomic E-state index is -0.493. The Morgan fingerprint density at radius 3 is 1.61 bits per heavy atom. The van der Waals surface area contributed by atoms with E-state index in [2.05, 4.69) is 22.6 Å². The summed E-state index contributed by atoms with van der Waals surface area (Å²) in [6.07, 6.45) is 0.181. The average molecular weight is 374 g/mol. The summed E-state index contributed by atoms with van der Waals surface area (Å²) in [7, 11) is 0. The largest absolute Gasteiger partial charge is 0.394 e. The molecule has 2 rings (SSSR count). The van der Waals surface area contributed by atoms with E-state index in [9.17, 15) is 0 Å². The van der Waals surface area contributed by atoms with E-state index in [1.807, 2.05) is 27.7 Å². The third kappa shape index (κ3) is 5.66. The molecule has 5 nitrogen and oxygen atoms in total. The lowest BCUT2D eigenvalue weighted by Crippen LogP contribution is -2.22. The van der Waals surface area contributed by atoms with Crippen LogP contribution in [0.2, 0.25) is 0 Å². The van der Waals surface area contributed by atoms with Gasteiger partial charge in [-0.15, -0.1) is 0 Å². The molecular weight excluding hydrogens is 351 g/mol. The summed E-state index contributed by atoms with van der Waals surface area (Å²) in [5.74, 6) is -0.830. The van der Waals surface area contributed by atoms with Gasteiger partial charge in [0.05, 0.1) is 25.9 Å². The third-order valence-electron chi connectivity index (χ3n) is 2.51. The average Bonchev–Trinajstić information content (AvgIpc) is 2.81. The summed E-state index contributed by atoms with van der Waals surface area (Å²) >= 11 is 2.30. The van der Waals surface area contributed by atoms with Crippen LogP contribution in [0, 0.1) is 0 Å². The van der Waals surface area contributed by atoms with Gasteiger partial charge in [-0.25, -0.2) is 0 Å². The SMILES string of the molecule is CC1(C)OCC(CI)O1.CC1(C)OCC(CO)O1. The maximum Gasteiger partial charge on any atom is 0.163 e. The summed E-state index contributed by atoms with van der Waals surface area (Å²) in [6.45, 7) is 8.85. The number of hydrogen-bond acceptors (Lipinski definition) is 5. The van der Waals surface area contributed by atoms with E-state index >= 15 is 0 Å². The van der Waals surface area contributed by atoms with E-state index < -0.39 is 5.79 Å². The molecular formula is C12H23IO5. The van der Waals surface area contributed by atoms with Crippen LogP contribution in [0.5, 0.6) is 0 Å². The maximum absolute atomic E-state index is 8.59. The second kappa shape index (κ2) is 6.81. The van der Waals surface area contributed by atoms with Crippen LogP contribution < -0.4 is 0 Å². The second-order valence-electron chi connectivity index (χ2n) is 5.24. The van der Waals surface area contributed by atoms with Crippen molar-refractivity contribution < 1.29 is 24.1 Å². The van der Waals surface area contributed by atoms with Crippen molar-refractivity contribution in [2.75, 3.05) is 24.2 Å². The van der Waals surface area contributed by atoms with Crippen LogP contribution in [-0.4, -0.2) is 53.1 Å². The van der Waals surface area contributed by atoms with Gasteiger partial charge in [0.2, 0.25) is 0 Å². The van der Waals surface area contributed by atoms with Crippen LogP contribution in [0.15, 0.2) is 0 Å². The Bertz CT molecular complexity index is 231. The molecule has 2 aliphatic rings. The molecule has 0 radical (unpaired) electrons. The third-order valence-corrected chi connectivity index (χ3v) is 3.49. The number of alkyl halides is 1. The van der Waals surface area contributed by atoms with Gasteiger partial charge in [0.1, 0.15) is 6.10 Å². The van der Waals surface area contributed by atoms with Gasteiger partial charge in [-0.1, -0.05) is 22.6 Å². The molecule has 2 saturated heterocycles. The zero-order chi connectivity index (χ0) is 13.8. The Labute approximate surface area is 122 Å². The molecule has 2 atom stereocenters. The van der Waals surface area contributed by atoms with Crippen molar-refractivity contribution in [3.8, 4) is 0 Å². The van der Waals surface area contributed by atoms with Crippen molar-refractivity contribution in [3.05, 3.63) is 0 Å². The monoisotopic (exact) mass is 374 g/mol. The summed E-state index contributed by atoms with van der Waals surface area (Å²) < 4.78 is 22.2. The van der Waals surface area contributed by atoms with Crippen molar-refractivity contribution in [3.63, 3.8) is 0 Å². The Kier molecular flexibility index (Phi) is 6.27. The Hall–Kier alpha value is 0.530. The van der Waals surface area contributed by atoms with Gasteiger partial charge in [-0.05, 0) is 27.7 Å². The van der Waals surface area contributed by atoms with Gasteiger partial charge in [-0.3, -0.25) is 0 Å². The quantitative estimate of drug-likeness (QED) is 0.589. The number of rotatable bonds is 2. The van der Waals surface area contributed by atoms with Gasteiger partial charge < -0.3 is 24.1 Å². The van der Waals surface area contributed by atoms with Crippen LogP contribution >= 0.6 is 22.6 Å². The van der Waals surface area contributed by atoms with E-state index in [0.717, 1.165) is 11.0 Å². The van der Waals surface area contributed by atoms with E-state index in [-0.39, 0.29) is 18.5 Å². The maximum atomic E-state index is 8.59. The van der Waals surface area contributed by atoms with Crippen molar-refractivity contribution in [1.29, 1.82) is 0 Å². The molecule has 0 aliphatic carbocycles. The summed E-state index contributed by atoms with van der Waals surface area (Å²) in [5.41, 5.74) is 0. The first-order valence-electron chi connectivity index (χ1n) is 6.08. The minimum absolute atomic E-state index is 0.0451. The van der Waals surface area contributed by atoms with Crippen LogP contribution in [0.25, 0.3) is 0 Å². The zero-order valence-corrected chi connectivity index (χ0v) is 13.6. The first kappa shape index (κ1) is 16.6. The first-order chi connectivity index (χ1) is 8.28. The molecule has 108 valence electrons. The predicted octanol–water partition coefficient (Wildman–Crippen LogP) is 1.70. The van der Waals surface area contributed by atoms with Crippen molar-refractivity contribution in [2.24, 2.45) is 0 Å². The molecule has 1 N–H and O–H groups in total. The molecule has 2 aliphatic heterocycles. The van der Waals surface area contributed by atoms with E-state index in [0.29, 0.717) is 12.7 Å². The van der Waals surface area contributed by atoms with Crippen molar-refractivity contribution >= 4 is 22.6 Å². The highest BCUT2D eigenvalue weighted by molar-refractivity contribution is 14.1. The zero-order valence-electron chi connectivity index (χ0n) is 11.4. The Morgan fingerprint density at radius 2 is 1.44 bits per heavy atom. The van der Waals surface area contributed by atoms with Gasteiger partial charge >= 0.3 is 0 Å². The highest BCUT2D eigenvalue weighted by Gasteiger charge is 2.32. The van der Waals surface area contributed by atoms with Crippen LogP contribution in [0.4, 0.5) is 0 Å². The van der Waals surface area contributed by atoms with Gasteiger partial charge in [0.15, 0.2) is 11.6 Å².